The molecule has 0 atom stereocenters. The Labute approximate surface area is 124 Å². The van der Waals surface area contributed by atoms with Gasteiger partial charge in [0.2, 0.25) is 5.91 Å². The van der Waals surface area contributed by atoms with Crippen LogP contribution in [-0.4, -0.2) is 18.4 Å². The lowest BCUT2D eigenvalue weighted by molar-refractivity contribution is -0.0498. The van der Waals surface area contributed by atoms with E-state index in [-0.39, 0.29) is 16.9 Å². The van der Waals surface area contributed by atoms with Crippen LogP contribution in [0, 0.1) is 0 Å². The molecule has 7 heteroatoms. The van der Waals surface area contributed by atoms with E-state index in [0.717, 1.165) is 0 Å². The predicted molar refractivity (Wildman–Crippen MR) is 76.0 cm³/mol. The van der Waals surface area contributed by atoms with Crippen molar-refractivity contribution >= 4 is 17.5 Å². The summed E-state index contributed by atoms with van der Waals surface area (Å²) in [5.74, 6) is -1.27. The second-order valence-electron chi connectivity index (χ2n) is 4.31. The van der Waals surface area contributed by atoms with Crippen LogP contribution in [0.25, 0.3) is 0 Å². The number of rotatable bonds is 5. The highest BCUT2D eigenvalue weighted by atomic mass is 19.3. The van der Waals surface area contributed by atoms with Crippen LogP contribution < -0.4 is 15.8 Å². The number of nitrogens with one attached hydrogen (secondary N) is 1. The van der Waals surface area contributed by atoms with Gasteiger partial charge >= 0.3 is 6.61 Å². The van der Waals surface area contributed by atoms with Crippen molar-refractivity contribution in [1.29, 1.82) is 0 Å². The van der Waals surface area contributed by atoms with E-state index >= 15 is 0 Å². The number of primary amides is 1. The summed E-state index contributed by atoms with van der Waals surface area (Å²) >= 11 is 0. The van der Waals surface area contributed by atoms with E-state index in [1.165, 1.54) is 36.4 Å². The van der Waals surface area contributed by atoms with Crippen LogP contribution in [0.4, 0.5) is 14.5 Å². The molecule has 3 N–H and O–H groups in total. The third-order valence-electron chi connectivity index (χ3n) is 2.73. The SMILES string of the molecule is NC(=O)c1cccc(NC(=O)c2cccc(OC(F)F)c2)c1. The van der Waals surface area contributed by atoms with Gasteiger partial charge in [-0.3, -0.25) is 9.59 Å². The molecular formula is C15H12F2N2O3. The first kappa shape index (κ1) is 15.4. The van der Waals surface area contributed by atoms with Gasteiger partial charge in [-0.25, -0.2) is 0 Å². The lowest BCUT2D eigenvalue weighted by Crippen LogP contribution is -2.14. The molecule has 2 rings (SSSR count). The number of carbonyl (C=O) groups is 2. The van der Waals surface area contributed by atoms with Gasteiger partial charge in [-0.15, -0.1) is 0 Å². The van der Waals surface area contributed by atoms with Crippen LogP contribution in [0.15, 0.2) is 48.5 Å². The van der Waals surface area contributed by atoms with Gasteiger partial charge in [0, 0.05) is 16.8 Å². The van der Waals surface area contributed by atoms with Gasteiger partial charge in [0.25, 0.3) is 5.91 Å². The molecule has 114 valence electrons. The van der Waals surface area contributed by atoms with Gasteiger partial charge < -0.3 is 15.8 Å². The fourth-order valence-electron chi connectivity index (χ4n) is 1.77. The Morgan fingerprint density at radius 3 is 2.41 bits per heavy atom. The monoisotopic (exact) mass is 306 g/mol. The Morgan fingerprint density at radius 2 is 1.73 bits per heavy atom. The molecule has 0 aromatic heterocycles. The molecular weight excluding hydrogens is 294 g/mol. The normalized spacial score (nSPS) is 10.3. The van der Waals surface area contributed by atoms with Gasteiger partial charge in [0.1, 0.15) is 5.75 Å². The molecule has 2 amide bonds. The summed E-state index contributed by atoms with van der Waals surface area (Å²) in [4.78, 5) is 23.1. The maximum atomic E-state index is 12.2. The smallest absolute Gasteiger partial charge is 0.387 e. The average Bonchev–Trinajstić information content (AvgIpc) is 2.47. The molecule has 0 aliphatic rings. The van der Waals surface area contributed by atoms with Crippen molar-refractivity contribution in [2.75, 3.05) is 5.32 Å². The van der Waals surface area contributed by atoms with Crippen molar-refractivity contribution < 1.29 is 23.1 Å². The number of benzene rings is 2. The first-order valence-corrected chi connectivity index (χ1v) is 6.22. The topological polar surface area (TPSA) is 81.4 Å². The Morgan fingerprint density at radius 1 is 1.05 bits per heavy atom. The fourth-order valence-corrected chi connectivity index (χ4v) is 1.77. The molecule has 0 heterocycles. The summed E-state index contributed by atoms with van der Waals surface area (Å²) in [6.07, 6.45) is 0. The highest BCUT2D eigenvalue weighted by Gasteiger charge is 2.10. The van der Waals surface area contributed by atoms with Crippen LogP contribution >= 0.6 is 0 Å². The van der Waals surface area contributed by atoms with E-state index in [4.69, 9.17) is 5.73 Å². The zero-order chi connectivity index (χ0) is 16.1. The molecule has 0 aliphatic heterocycles. The molecule has 2 aromatic carbocycles. The van der Waals surface area contributed by atoms with Crippen molar-refractivity contribution in [3.8, 4) is 5.75 Å². The molecule has 0 bridgehead atoms. The Kier molecular flexibility index (Phi) is 4.67. The number of hydrogen-bond donors (Lipinski definition) is 2. The van der Waals surface area contributed by atoms with Crippen molar-refractivity contribution in [3.05, 3.63) is 59.7 Å². The van der Waals surface area contributed by atoms with Crippen LogP contribution in [0.5, 0.6) is 5.75 Å². The second-order valence-corrected chi connectivity index (χ2v) is 4.31. The summed E-state index contributed by atoms with van der Waals surface area (Å²) in [7, 11) is 0. The maximum Gasteiger partial charge on any atom is 0.387 e. The van der Waals surface area contributed by atoms with E-state index in [2.05, 4.69) is 10.1 Å². The highest BCUT2D eigenvalue weighted by molar-refractivity contribution is 6.05. The number of carbonyl (C=O) groups excluding carboxylic acids is 2. The molecule has 22 heavy (non-hydrogen) atoms. The fraction of sp³-hybridized carbons (Fsp3) is 0.0667. The van der Waals surface area contributed by atoms with Crippen molar-refractivity contribution in [3.63, 3.8) is 0 Å². The largest absolute Gasteiger partial charge is 0.435 e. The number of ether oxygens (including phenoxy) is 1. The molecule has 2 aromatic rings. The lowest BCUT2D eigenvalue weighted by atomic mass is 10.1. The first-order chi connectivity index (χ1) is 10.5. The van der Waals surface area contributed by atoms with Gasteiger partial charge in [0.05, 0.1) is 0 Å². The third-order valence-corrected chi connectivity index (χ3v) is 2.73. The van der Waals surface area contributed by atoms with Crippen LogP contribution in [-0.2, 0) is 0 Å². The lowest BCUT2D eigenvalue weighted by Gasteiger charge is -2.08. The van der Waals surface area contributed by atoms with Gasteiger partial charge in [-0.2, -0.15) is 8.78 Å². The number of halogens is 2. The minimum atomic E-state index is -2.97. The summed E-state index contributed by atoms with van der Waals surface area (Å²) in [5.41, 5.74) is 5.90. The van der Waals surface area contributed by atoms with Crippen LogP contribution in [0.1, 0.15) is 20.7 Å². The Bertz CT molecular complexity index is 705. The van der Waals surface area contributed by atoms with E-state index < -0.39 is 18.4 Å². The minimum Gasteiger partial charge on any atom is -0.435 e. The predicted octanol–water partition coefficient (Wildman–Crippen LogP) is 2.64. The van der Waals surface area contributed by atoms with E-state index in [9.17, 15) is 18.4 Å². The van der Waals surface area contributed by atoms with Crippen LogP contribution in [0.3, 0.4) is 0 Å². The first-order valence-electron chi connectivity index (χ1n) is 6.22. The summed E-state index contributed by atoms with van der Waals surface area (Å²) < 4.78 is 28.5. The van der Waals surface area contributed by atoms with Gasteiger partial charge in [0.15, 0.2) is 0 Å². The van der Waals surface area contributed by atoms with Crippen molar-refractivity contribution in [2.24, 2.45) is 5.73 Å². The van der Waals surface area contributed by atoms with E-state index in [1.807, 2.05) is 0 Å². The molecule has 0 fully saturated rings. The molecule has 0 saturated carbocycles. The Balaban J connectivity index is 2.15. The van der Waals surface area contributed by atoms with E-state index in [1.54, 1.807) is 12.1 Å². The summed E-state index contributed by atoms with van der Waals surface area (Å²) in [5, 5.41) is 2.54. The Hall–Kier alpha value is -2.96. The number of alkyl halides is 2. The average molecular weight is 306 g/mol. The zero-order valence-electron chi connectivity index (χ0n) is 11.3. The maximum absolute atomic E-state index is 12.2. The molecule has 0 aliphatic carbocycles. The molecule has 0 spiro atoms. The van der Waals surface area contributed by atoms with Crippen molar-refractivity contribution in [1.82, 2.24) is 0 Å². The summed E-state index contributed by atoms with van der Waals surface area (Å²) in [6.45, 7) is -2.97. The number of amides is 2. The number of nitrogens with two attached hydrogens (primary N) is 1. The molecule has 0 radical (unpaired) electrons. The number of anilines is 1. The molecule has 0 unspecified atom stereocenters. The summed E-state index contributed by atoms with van der Waals surface area (Å²) in [6, 6.07) is 11.4. The van der Waals surface area contributed by atoms with Crippen LogP contribution in [0.2, 0.25) is 0 Å². The van der Waals surface area contributed by atoms with Crippen molar-refractivity contribution in [2.45, 2.75) is 6.61 Å². The molecule has 5 nitrogen and oxygen atoms in total. The van der Waals surface area contributed by atoms with Gasteiger partial charge in [-0.1, -0.05) is 12.1 Å². The minimum absolute atomic E-state index is 0.117. The quantitative estimate of drug-likeness (QED) is 0.891. The third kappa shape index (κ3) is 4.02. The highest BCUT2D eigenvalue weighted by Crippen LogP contribution is 2.18. The zero-order valence-corrected chi connectivity index (χ0v) is 11.3. The second kappa shape index (κ2) is 6.66. The van der Waals surface area contributed by atoms with E-state index in [0.29, 0.717) is 5.69 Å². The standard InChI is InChI=1S/C15H12F2N2O3/c16-15(17)22-12-6-2-4-10(8-12)14(21)19-11-5-1-3-9(7-11)13(18)20/h1-8,15H,(H2,18,20)(H,19,21). The molecule has 0 saturated heterocycles. The number of hydrogen-bond acceptors (Lipinski definition) is 3. The van der Waals surface area contributed by atoms with Gasteiger partial charge in [-0.05, 0) is 36.4 Å².